The molecule has 3 rings (SSSR count). The number of benzene rings is 2. The molecule has 0 aliphatic rings. The molecule has 3 aromatic rings. The Hall–Kier alpha value is -1.47. The maximum absolute atomic E-state index is 14.1. The van der Waals surface area contributed by atoms with E-state index in [4.69, 9.17) is 5.73 Å². The Bertz CT molecular complexity index is 807. The SMILES string of the molecule is Nc1nc2cc(Br)ccc2n1-c1c(F)cc(Br)cc1F. The number of fused-ring (bicyclic) bond motifs is 1. The third-order valence-corrected chi connectivity index (χ3v) is 3.80. The number of hydrogen-bond acceptors (Lipinski definition) is 2. The molecule has 1 heterocycles. The fourth-order valence-electron chi connectivity index (χ4n) is 2.06. The molecule has 20 heavy (non-hydrogen) atoms. The van der Waals surface area contributed by atoms with Crippen molar-refractivity contribution in [3.05, 3.63) is 50.9 Å². The van der Waals surface area contributed by atoms with Crippen molar-refractivity contribution in [2.45, 2.75) is 0 Å². The van der Waals surface area contributed by atoms with Gasteiger partial charge in [0.2, 0.25) is 5.95 Å². The summed E-state index contributed by atoms with van der Waals surface area (Å²) in [5, 5.41) is 0. The molecule has 0 aliphatic carbocycles. The summed E-state index contributed by atoms with van der Waals surface area (Å²) in [5.41, 5.74) is 6.65. The van der Waals surface area contributed by atoms with E-state index < -0.39 is 11.6 Å². The van der Waals surface area contributed by atoms with E-state index in [1.807, 2.05) is 0 Å². The number of nitrogens with two attached hydrogens (primary N) is 1. The van der Waals surface area contributed by atoms with E-state index in [9.17, 15) is 8.78 Å². The van der Waals surface area contributed by atoms with Gasteiger partial charge in [-0.2, -0.15) is 0 Å². The predicted octanol–water partition coefficient (Wildman–Crippen LogP) is 4.41. The molecule has 2 aromatic carbocycles. The zero-order valence-corrected chi connectivity index (χ0v) is 13.0. The average Bonchev–Trinajstić information content (AvgIpc) is 2.64. The Morgan fingerprint density at radius 2 is 1.65 bits per heavy atom. The molecule has 0 atom stereocenters. The van der Waals surface area contributed by atoms with Gasteiger partial charge in [0.05, 0.1) is 11.0 Å². The van der Waals surface area contributed by atoms with Crippen LogP contribution in [0.25, 0.3) is 16.7 Å². The Morgan fingerprint density at radius 3 is 2.30 bits per heavy atom. The molecule has 0 aliphatic heterocycles. The van der Waals surface area contributed by atoms with Crippen molar-refractivity contribution in [1.82, 2.24) is 9.55 Å². The first-order chi connectivity index (χ1) is 9.47. The van der Waals surface area contributed by atoms with Crippen molar-refractivity contribution in [2.24, 2.45) is 0 Å². The largest absolute Gasteiger partial charge is 0.369 e. The summed E-state index contributed by atoms with van der Waals surface area (Å²) in [7, 11) is 0. The number of hydrogen-bond donors (Lipinski definition) is 1. The summed E-state index contributed by atoms with van der Waals surface area (Å²) in [6.07, 6.45) is 0. The Labute approximate surface area is 129 Å². The Kier molecular flexibility index (Phi) is 3.25. The molecule has 1 aromatic heterocycles. The smallest absolute Gasteiger partial charge is 0.206 e. The fraction of sp³-hybridized carbons (Fsp3) is 0. The van der Waals surface area contributed by atoms with Gasteiger partial charge in [0, 0.05) is 8.95 Å². The average molecular weight is 403 g/mol. The first-order valence-electron chi connectivity index (χ1n) is 5.56. The van der Waals surface area contributed by atoms with Crippen LogP contribution >= 0.6 is 31.9 Å². The molecule has 0 unspecified atom stereocenters. The monoisotopic (exact) mass is 401 g/mol. The minimum Gasteiger partial charge on any atom is -0.369 e. The van der Waals surface area contributed by atoms with E-state index in [1.54, 1.807) is 18.2 Å². The van der Waals surface area contributed by atoms with Gasteiger partial charge < -0.3 is 5.73 Å². The van der Waals surface area contributed by atoms with Crippen molar-refractivity contribution in [3.8, 4) is 5.69 Å². The summed E-state index contributed by atoms with van der Waals surface area (Å²) < 4.78 is 30.6. The van der Waals surface area contributed by atoms with Crippen molar-refractivity contribution in [3.63, 3.8) is 0 Å². The van der Waals surface area contributed by atoms with Crippen molar-refractivity contribution in [2.75, 3.05) is 5.73 Å². The van der Waals surface area contributed by atoms with Gasteiger partial charge >= 0.3 is 0 Å². The zero-order valence-electron chi connectivity index (χ0n) is 9.87. The van der Waals surface area contributed by atoms with Gasteiger partial charge in [-0.15, -0.1) is 0 Å². The quantitative estimate of drug-likeness (QED) is 0.655. The summed E-state index contributed by atoms with van der Waals surface area (Å²) in [4.78, 5) is 4.12. The lowest BCUT2D eigenvalue weighted by Crippen LogP contribution is -2.05. The van der Waals surface area contributed by atoms with E-state index in [0.29, 0.717) is 15.5 Å². The lowest BCUT2D eigenvalue weighted by molar-refractivity contribution is 0.570. The molecule has 0 spiro atoms. The van der Waals surface area contributed by atoms with Crippen LogP contribution in [0.2, 0.25) is 0 Å². The fourth-order valence-corrected chi connectivity index (χ4v) is 2.81. The second kappa shape index (κ2) is 4.82. The van der Waals surface area contributed by atoms with Crippen LogP contribution in [0.4, 0.5) is 14.7 Å². The molecule has 0 saturated carbocycles. The third kappa shape index (κ3) is 2.10. The van der Waals surface area contributed by atoms with E-state index in [1.165, 1.54) is 16.7 Å². The van der Waals surface area contributed by atoms with Gasteiger partial charge in [0.25, 0.3) is 0 Å². The van der Waals surface area contributed by atoms with Crippen LogP contribution in [-0.4, -0.2) is 9.55 Å². The summed E-state index contributed by atoms with van der Waals surface area (Å²) in [5.74, 6) is -1.41. The number of halogens is 4. The number of imidazole rings is 1. The van der Waals surface area contributed by atoms with E-state index >= 15 is 0 Å². The number of anilines is 1. The van der Waals surface area contributed by atoms with Crippen molar-refractivity contribution in [1.29, 1.82) is 0 Å². The van der Waals surface area contributed by atoms with Crippen LogP contribution in [0.5, 0.6) is 0 Å². The molecule has 102 valence electrons. The van der Waals surface area contributed by atoms with Gasteiger partial charge in [0.1, 0.15) is 5.69 Å². The summed E-state index contributed by atoms with van der Waals surface area (Å²) in [6, 6.07) is 7.56. The molecule has 0 amide bonds. The van der Waals surface area contributed by atoms with Gasteiger partial charge in [0.15, 0.2) is 11.6 Å². The number of aromatic nitrogens is 2. The maximum Gasteiger partial charge on any atom is 0.206 e. The predicted molar refractivity (Wildman–Crippen MR) is 80.8 cm³/mol. The van der Waals surface area contributed by atoms with Crippen LogP contribution in [-0.2, 0) is 0 Å². The Balaban J connectivity index is 2.38. The third-order valence-electron chi connectivity index (χ3n) is 2.85. The molecule has 0 radical (unpaired) electrons. The Morgan fingerprint density at radius 1 is 1.00 bits per heavy atom. The van der Waals surface area contributed by atoms with Gasteiger partial charge in [-0.1, -0.05) is 31.9 Å². The first kappa shape index (κ1) is 13.5. The van der Waals surface area contributed by atoms with Crippen molar-refractivity contribution >= 4 is 48.8 Å². The van der Waals surface area contributed by atoms with Gasteiger partial charge in [-0.25, -0.2) is 13.8 Å². The van der Waals surface area contributed by atoms with Crippen LogP contribution < -0.4 is 5.73 Å². The highest BCUT2D eigenvalue weighted by atomic mass is 79.9. The first-order valence-corrected chi connectivity index (χ1v) is 7.14. The van der Waals surface area contributed by atoms with Crippen LogP contribution in [0.1, 0.15) is 0 Å². The normalized spacial score (nSPS) is 11.2. The maximum atomic E-state index is 14.1. The lowest BCUT2D eigenvalue weighted by atomic mass is 10.2. The highest BCUT2D eigenvalue weighted by Gasteiger charge is 2.18. The number of nitrogens with zero attached hydrogens (tertiary/aromatic N) is 2. The molecular weight excluding hydrogens is 396 g/mol. The standard InChI is InChI=1S/C13H7Br2F2N3/c14-6-1-2-11-10(5-6)19-13(18)20(11)12-8(16)3-7(15)4-9(12)17/h1-5H,(H2,18,19). The highest BCUT2D eigenvalue weighted by Crippen LogP contribution is 2.30. The van der Waals surface area contributed by atoms with Gasteiger partial charge in [-0.3, -0.25) is 4.57 Å². The van der Waals surface area contributed by atoms with Crippen molar-refractivity contribution < 1.29 is 8.78 Å². The van der Waals surface area contributed by atoms with E-state index in [0.717, 1.165) is 4.47 Å². The van der Waals surface area contributed by atoms with Crippen LogP contribution in [0.15, 0.2) is 39.3 Å². The zero-order chi connectivity index (χ0) is 14.4. The summed E-state index contributed by atoms with van der Waals surface area (Å²) >= 11 is 6.36. The molecule has 3 nitrogen and oxygen atoms in total. The topological polar surface area (TPSA) is 43.8 Å². The second-order valence-corrected chi connectivity index (χ2v) is 5.99. The number of nitrogen functional groups attached to an aromatic ring is 1. The van der Waals surface area contributed by atoms with Crippen LogP contribution in [0.3, 0.4) is 0 Å². The van der Waals surface area contributed by atoms with E-state index in [2.05, 4.69) is 36.8 Å². The molecule has 7 heteroatoms. The highest BCUT2D eigenvalue weighted by molar-refractivity contribution is 9.10. The summed E-state index contributed by atoms with van der Waals surface area (Å²) in [6.45, 7) is 0. The molecule has 2 N–H and O–H groups in total. The van der Waals surface area contributed by atoms with Crippen LogP contribution in [0, 0.1) is 11.6 Å². The number of rotatable bonds is 1. The molecule has 0 bridgehead atoms. The molecule has 0 saturated heterocycles. The second-order valence-electron chi connectivity index (χ2n) is 4.16. The minimum atomic E-state index is -0.717. The molecular formula is C13H7Br2F2N3. The lowest BCUT2D eigenvalue weighted by Gasteiger charge is -2.09. The van der Waals surface area contributed by atoms with Gasteiger partial charge in [-0.05, 0) is 30.3 Å². The molecule has 0 fully saturated rings. The minimum absolute atomic E-state index is 0.0261. The van der Waals surface area contributed by atoms with E-state index in [-0.39, 0.29) is 11.6 Å².